The fourth-order valence-corrected chi connectivity index (χ4v) is 14.0. The van der Waals surface area contributed by atoms with Gasteiger partial charge in [0.1, 0.15) is 8.07 Å². The van der Waals surface area contributed by atoms with Crippen molar-refractivity contribution in [3.63, 3.8) is 0 Å². The molecule has 6 aromatic rings. The van der Waals surface area contributed by atoms with Gasteiger partial charge >= 0.3 is 21.7 Å². The number of hydrogen-bond donors (Lipinski definition) is 0. The summed E-state index contributed by atoms with van der Waals surface area (Å²) in [5, 5.41) is 3.88. The zero-order valence-electron chi connectivity index (χ0n) is 31.5. The number of aryl methyl sites for hydroxylation is 3. The summed E-state index contributed by atoms with van der Waals surface area (Å²) in [4.78, 5) is 0. The van der Waals surface area contributed by atoms with Crippen LogP contribution in [0.3, 0.4) is 0 Å². The quantitative estimate of drug-likeness (QED) is 0.132. The predicted octanol–water partition coefficient (Wildman–Crippen LogP) is 1.95. The van der Waals surface area contributed by atoms with E-state index in [1.165, 1.54) is 82.4 Å². The first-order valence-corrected chi connectivity index (χ1v) is 19.4. The number of allylic oxidation sites excluding steroid dienone is 4. The van der Waals surface area contributed by atoms with Gasteiger partial charge < -0.3 is 37.2 Å². The van der Waals surface area contributed by atoms with Crippen molar-refractivity contribution < 1.29 is 58.9 Å². The minimum absolute atomic E-state index is 0. The first-order valence-electron chi connectivity index (χ1n) is 17.4. The van der Waals surface area contributed by atoms with Gasteiger partial charge in [-0.1, -0.05) is 188 Å². The summed E-state index contributed by atoms with van der Waals surface area (Å²) in [6, 6.07) is 55.1. The van der Waals surface area contributed by atoms with Crippen molar-refractivity contribution in [2.75, 3.05) is 0 Å². The molecule has 53 heavy (non-hydrogen) atoms. The van der Waals surface area contributed by atoms with E-state index in [1.807, 2.05) is 0 Å². The topological polar surface area (TPSA) is 0 Å². The second kappa shape index (κ2) is 17.8. The third kappa shape index (κ3) is 8.04. The Morgan fingerprint density at radius 2 is 0.717 bits per heavy atom. The van der Waals surface area contributed by atoms with Gasteiger partial charge in [-0.05, 0) is 69.7 Å². The third-order valence-electron chi connectivity index (χ3n) is 11.1. The molecule has 0 radical (unpaired) electrons. The number of rotatable bonds is 7. The van der Waals surface area contributed by atoms with Crippen LogP contribution in [0.2, 0.25) is 5.04 Å². The van der Waals surface area contributed by atoms with Gasteiger partial charge in [0.15, 0.2) is 0 Å². The molecule has 0 fully saturated rings. The van der Waals surface area contributed by atoms with Gasteiger partial charge in [0.25, 0.3) is 0 Å². The van der Waals surface area contributed by atoms with E-state index >= 15 is 0 Å². The second-order valence-electron chi connectivity index (χ2n) is 14.2. The Morgan fingerprint density at radius 3 is 0.962 bits per heavy atom. The number of benzene rings is 6. The van der Waals surface area contributed by atoms with Gasteiger partial charge in [-0.2, -0.15) is 11.1 Å². The van der Waals surface area contributed by atoms with Crippen LogP contribution in [-0.4, -0.2) is 8.07 Å². The molecule has 0 spiro atoms. The molecule has 266 valence electrons. The Kier molecular flexibility index (Phi) is 14.8. The Morgan fingerprint density at radius 1 is 0.415 bits per heavy atom. The Balaban J connectivity index is 0.00000189. The summed E-state index contributed by atoms with van der Waals surface area (Å²) >= 11 is 0. The summed E-state index contributed by atoms with van der Waals surface area (Å²) in [6.07, 6.45) is 4.13. The summed E-state index contributed by atoms with van der Waals surface area (Å²) in [5.41, 5.74) is 15.4. The molecule has 1 unspecified atom stereocenters. The van der Waals surface area contributed by atoms with E-state index in [9.17, 15) is 0 Å². The van der Waals surface area contributed by atoms with E-state index in [-0.39, 0.29) is 64.0 Å². The molecule has 7 rings (SSSR count). The van der Waals surface area contributed by atoms with E-state index in [2.05, 4.69) is 200 Å². The van der Waals surface area contributed by atoms with Crippen LogP contribution in [-0.2, 0) is 21.7 Å². The van der Waals surface area contributed by atoms with Crippen molar-refractivity contribution in [1.29, 1.82) is 0 Å². The molecule has 0 aliphatic heterocycles. The molecule has 5 heteroatoms. The first-order chi connectivity index (χ1) is 23.6. The fraction of sp³-hybridized carbons (Fsp3) is 0.167. The van der Waals surface area contributed by atoms with Gasteiger partial charge in [0.2, 0.25) is 0 Å². The van der Waals surface area contributed by atoms with Crippen LogP contribution < -0.4 is 52.8 Å². The molecule has 0 amide bonds. The van der Waals surface area contributed by atoms with Gasteiger partial charge in [-0.25, -0.2) is 5.57 Å². The smallest absolute Gasteiger partial charge is 1.00 e. The molecule has 0 saturated heterocycles. The predicted molar refractivity (Wildman–Crippen MR) is 214 cm³/mol. The second-order valence-corrected chi connectivity index (χ2v) is 18.4. The van der Waals surface area contributed by atoms with Gasteiger partial charge in [0.05, 0.1) is 0 Å². The van der Waals surface area contributed by atoms with Crippen molar-refractivity contribution in [2.24, 2.45) is 0 Å². The molecule has 6 aromatic carbocycles. The molecular weight excluding hydrogens is 759 g/mol. The van der Waals surface area contributed by atoms with Crippen LogP contribution in [0.1, 0.15) is 44.4 Å². The standard InChI is InChI=1S/C48H45Si.3ClH.Ti/c1-33-11-8-14-42(29-33)39-17-23-45(24-18-39)49(48(7)32-36(4)37(5)38(48)6,46-25-19-40(20-26-46)43-15-9-12-34(2)30-43)47-27-21-41(22-28-47)44-16-10-13-35(3)31-44;;;;/h8-31H,1-7H3;3*1H;/q-1;;;;+4/p-3. The van der Waals surface area contributed by atoms with Crippen LogP contribution in [0.15, 0.2) is 162 Å². The minimum Gasteiger partial charge on any atom is -1.00 e. The van der Waals surface area contributed by atoms with Gasteiger partial charge in [-0.3, -0.25) is 6.08 Å². The first kappa shape index (κ1) is 44.0. The Hall–Kier alpha value is -3.40. The van der Waals surface area contributed by atoms with Gasteiger partial charge in [0, 0.05) is 0 Å². The Bertz CT molecular complexity index is 2020. The van der Waals surface area contributed by atoms with Crippen LogP contribution in [0.25, 0.3) is 33.4 Å². The summed E-state index contributed by atoms with van der Waals surface area (Å²) < 4.78 is 0. The van der Waals surface area contributed by atoms with E-state index < -0.39 is 8.07 Å². The minimum atomic E-state index is -2.86. The fourth-order valence-electron chi connectivity index (χ4n) is 8.17. The Labute approximate surface area is 352 Å². The summed E-state index contributed by atoms with van der Waals surface area (Å²) in [5.74, 6) is 0. The molecule has 1 aliphatic rings. The molecule has 0 N–H and O–H groups in total. The van der Waals surface area contributed by atoms with Crippen LogP contribution in [0.5, 0.6) is 0 Å². The molecule has 0 saturated carbocycles. The van der Waals surface area contributed by atoms with Crippen molar-refractivity contribution in [1.82, 2.24) is 0 Å². The SMILES string of the molecule is CC1=[C-]C(C)([Si](c2ccc(-c3cccc(C)c3)cc2)(c2ccc(-c3cccc(C)c3)cc2)c2ccc(-c3cccc(C)c3)cc2)C(C)=C1C.[Cl-].[Cl-].[Cl-].[Ti+4]. The maximum atomic E-state index is 4.13. The molecule has 0 heterocycles. The molecule has 0 nitrogen and oxygen atoms in total. The monoisotopic (exact) mass is 802 g/mol. The van der Waals surface area contributed by atoms with Crippen molar-refractivity contribution in [2.45, 2.75) is 53.5 Å². The molecule has 1 atom stereocenters. The van der Waals surface area contributed by atoms with Crippen LogP contribution >= 0.6 is 0 Å². The summed E-state index contributed by atoms with van der Waals surface area (Å²) in [6.45, 7) is 15.8. The van der Waals surface area contributed by atoms with E-state index in [0.29, 0.717) is 0 Å². The van der Waals surface area contributed by atoms with E-state index in [4.69, 9.17) is 0 Å². The van der Waals surface area contributed by atoms with Gasteiger partial charge in [-0.15, -0.1) is 6.92 Å². The largest absolute Gasteiger partial charge is 4.00 e. The number of halogens is 3. The van der Waals surface area contributed by atoms with Crippen molar-refractivity contribution >= 4 is 23.6 Å². The average Bonchev–Trinajstić information content (AvgIpc) is 3.32. The maximum absolute atomic E-state index is 4.13. The normalized spacial score (nSPS) is 15.0. The maximum Gasteiger partial charge on any atom is 4.00 e. The third-order valence-corrected chi connectivity index (χ3v) is 16.7. The van der Waals surface area contributed by atoms with Crippen LogP contribution in [0, 0.1) is 26.8 Å². The zero-order chi connectivity index (χ0) is 34.3. The molecule has 1 aliphatic carbocycles. The average molecular weight is 804 g/mol. The molecule has 0 bridgehead atoms. The van der Waals surface area contributed by atoms with Crippen LogP contribution in [0.4, 0.5) is 0 Å². The molecule has 0 aromatic heterocycles. The summed E-state index contributed by atoms with van der Waals surface area (Å²) in [7, 11) is -2.86. The van der Waals surface area contributed by atoms with E-state index in [1.54, 1.807) is 0 Å². The zero-order valence-corrected chi connectivity index (χ0v) is 36.3. The van der Waals surface area contributed by atoms with Crippen molar-refractivity contribution in [3.05, 3.63) is 185 Å². The van der Waals surface area contributed by atoms with E-state index in [0.717, 1.165) is 0 Å². The number of hydrogen-bond acceptors (Lipinski definition) is 0. The van der Waals surface area contributed by atoms with Crippen molar-refractivity contribution in [3.8, 4) is 33.4 Å². The molecular formula is C48H45Cl3SiTi.